The minimum absolute atomic E-state index is 0.00840. The number of carbonyl (C=O) groups excluding carboxylic acids is 7. The van der Waals surface area contributed by atoms with Gasteiger partial charge in [-0.05, 0) is 39.0 Å². The molecule has 0 fully saturated rings. The van der Waals surface area contributed by atoms with Crippen LogP contribution in [-0.2, 0) is 62.1 Å². The summed E-state index contributed by atoms with van der Waals surface area (Å²) in [5.74, 6) is -4.00. The quantitative estimate of drug-likeness (QED) is 0.0389. The van der Waals surface area contributed by atoms with Gasteiger partial charge in [-0.3, -0.25) is 38.4 Å². The van der Waals surface area contributed by atoms with Gasteiger partial charge >= 0.3 is 11.9 Å². The van der Waals surface area contributed by atoms with Gasteiger partial charge in [0.1, 0.15) is 36.6 Å². The summed E-state index contributed by atoms with van der Waals surface area (Å²) in [7, 11) is 0. The van der Waals surface area contributed by atoms with Gasteiger partial charge in [-0.25, -0.2) is 4.79 Å². The van der Waals surface area contributed by atoms with Crippen molar-refractivity contribution in [3.05, 3.63) is 0 Å². The monoisotopic (exact) mass is 1060 g/mol. The molecular weight excluding hydrogens is 969 g/mol. The maximum Gasteiger partial charge on any atom is 0.326 e. The largest absolute Gasteiger partial charge is 0.481 e. The Morgan fingerprint density at radius 1 is 0.507 bits per heavy atom. The first kappa shape index (κ1) is 69.0. The Bertz CT molecular complexity index is 1540. The summed E-state index contributed by atoms with van der Waals surface area (Å²) in [4.78, 5) is 107. The van der Waals surface area contributed by atoms with Crippen LogP contribution in [0, 0.1) is 11.8 Å². The molecule has 0 aliphatic rings. The number of ketones is 3. The summed E-state index contributed by atoms with van der Waals surface area (Å²) < 4.78 is 21.4. The number of nitrogens with one attached hydrogen (secondary N) is 4. The molecule has 4 amide bonds. The highest BCUT2D eigenvalue weighted by Gasteiger charge is 2.24. The van der Waals surface area contributed by atoms with E-state index in [0.29, 0.717) is 31.6 Å². The molecule has 0 saturated carbocycles. The fourth-order valence-corrected chi connectivity index (χ4v) is 8.54. The normalized spacial score (nSPS) is 12.4. The van der Waals surface area contributed by atoms with Crippen molar-refractivity contribution in [2.24, 2.45) is 11.8 Å². The zero-order chi connectivity index (χ0) is 54.2. The smallest absolute Gasteiger partial charge is 0.326 e. The first-order chi connectivity index (χ1) is 35.2. The number of ether oxygens (including phenoxy) is 4. The van der Waals surface area contributed by atoms with Gasteiger partial charge in [0.2, 0.25) is 23.6 Å². The predicted molar refractivity (Wildman–Crippen MR) is 278 cm³/mol. The van der Waals surface area contributed by atoms with Crippen molar-refractivity contribution in [2.75, 3.05) is 90.6 Å². The average molecular weight is 1060 g/mol. The zero-order valence-electron chi connectivity index (χ0n) is 44.2. The molecule has 73 heavy (non-hydrogen) atoms. The summed E-state index contributed by atoms with van der Waals surface area (Å²) in [6, 6.07) is -1.11. The summed E-state index contributed by atoms with van der Waals surface area (Å²) in [6.07, 6.45) is 19.6. The van der Waals surface area contributed by atoms with Crippen LogP contribution < -0.4 is 21.3 Å². The van der Waals surface area contributed by atoms with Gasteiger partial charge in [-0.1, -0.05) is 96.8 Å². The van der Waals surface area contributed by atoms with Crippen molar-refractivity contribution in [1.82, 2.24) is 21.3 Å². The minimum Gasteiger partial charge on any atom is -0.481 e. The highest BCUT2D eigenvalue weighted by molar-refractivity contribution is 7.99. The third-order valence-electron chi connectivity index (χ3n) is 11.9. The number of carboxylic acid groups (broad SMARTS) is 2. The molecule has 0 unspecified atom stereocenters. The molecule has 0 heterocycles. The first-order valence-corrected chi connectivity index (χ1v) is 27.9. The van der Waals surface area contributed by atoms with E-state index in [1.54, 1.807) is 0 Å². The number of carboxylic acids is 2. The lowest BCUT2D eigenvalue weighted by Gasteiger charge is -2.16. The van der Waals surface area contributed by atoms with Crippen LogP contribution in [-0.4, -0.2) is 165 Å². The minimum atomic E-state index is -1.16. The van der Waals surface area contributed by atoms with E-state index in [0.717, 1.165) is 38.5 Å². The molecule has 0 rings (SSSR count). The van der Waals surface area contributed by atoms with Gasteiger partial charge in [0.05, 0.1) is 45.4 Å². The van der Waals surface area contributed by atoms with Crippen LogP contribution in [0.2, 0.25) is 0 Å². The van der Waals surface area contributed by atoms with E-state index in [1.165, 1.54) is 76.5 Å². The van der Waals surface area contributed by atoms with Crippen LogP contribution in [0.5, 0.6) is 0 Å². The van der Waals surface area contributed by atoms with Gasteiger partial charge in [0, 0.05) is 75.9 Å². The second kappa shape index (κ2) is 48.9. The van der Waals surface area contributed by atoms with Crippen molar-refractivity contribution in [2.45, 2.75) is 174 Å². The molecule has 3 atom stereocenters. The Kier molecular flexibility index (Phi) is 46.2. The second-order valence-corrected chi connectivity index (χ2v) is 19.4. The van der Waals surface area contributed by atoms with Crippen molar-refractivity contribution in [3.8, 4) is 0 Å². The van der Waals surface area contributed by atoms with Crippen molar-refractivity contribution < 1.29 is 77.4 Å². The molecule has 0 aliphatic carbocycles. The summed E-state index contributed by atoms with van der Waals surface area (Å²) in [6.45, 7) is 4.41. The lowest BCUT2D eigenvalue weighted by atomic mass is 9.92. The van der Waals surface area contributed by atoms with Gasteiger partial charge in [-0.15, -0.1) is 0 Å². The first-order valence-electron chi connectivity index (χ1n) is 26.8. The lowest BCUT2D eigenvalue weighted by Crippen LogP contribution is -2.41. The van der Waals surface area contributed by atoms with Gasteiger partial charge in [-0.2, -0.15) is 11.8 Å². The number of aliphatic hydroxyl groups excluding tert-OH is 1. The number of carbonyl (C=O) groups is 9. The molecule has 0 radical (unpaired) electrons. The number of hydrogen-bond acceptors (Lipinski definition) is 15. The van der Waals surface area contributed by atoms with E-state index in [4.69, 9.17) is 24.1 Å². The van der Waals surface area contributed by atoms with Crippen LogP contribution in [0.25, 0.3) is 0 Å². The van der Waals surface area contributed by atoms with Crippen LogP contribution in [0.15, 0.2) is 0 Å². The van der Waals surface area contributed by atoms with E-state index in [-0.39, 0.29) is 164 Å². The summed E-state index contributed by atoms with van der Waals surface area (Å²) >= 11 is 1.31. The highest BCUT2D eigenvalue weighted by Crippen LogP contribution is 2.19. The third kappa shape index (κ3) is 45.1. The number of hydrogen-bond donors (Lipinski definition) is 7. The fourth-order valence-electron chi connectivity index (χ4n) is 7.43. The van der Waals surface area contributed by atoms with E-state index in [1.807, 2.05) is 6.92 Å². The average Bonchev–Trinajstić information content (AvgIpc) is 3.35. The molecule has 0 aromatic rings. The summed E-state index contributed by atoms with van der Waals surface area (Å²) in [5.41, 5.74) is 0. The molecule has 7 N–H and O–H groups in total. The molecule has 0 aromatic heterocycles. The fraction of sp³-hybridized carbons (Fsp3) is 0.827. The molecular formula is C52H92N4O16S. The maximum absolute atomic E-state index is 12.5. The molecule has 422 valence electrons. The van der Waals surface area contributed by atoms with Crippen LogP contribution in [0.4, 0.5) is 0 Å². The number of thioether (sulfide) groups is 1. The molecule has 20 nitrogen and oxygen atoms in total. The Balaban J connectivity index is 3.71. The van der Waals surface area contributed by atoms with Gasteiger partial charge < -0.3 is 55.5 Å². The van der Waals surface area contributed by atoms with Crippen molar-refractivity contribution in [3.63, 3.8) is 0 Å². The molecule has 0 aromatic carbocycles. The van der Waals surface area contributed by atoms with Gasteiger partial charge in [0.25, 0.3) is 0 Å². The van der Waals surface area contributed by atoms with Crippen molar-refractivity contribution >= 4 is 64.7 Å². The maximum atomic E-state index is 12.5. The number of amides is 4. The zero-order valence-corrected chi connectivity index (χ0v) is 45.0. The Labute approximate surface area is 438 Å². The predicted octanol–water partition coefficient (Wildman–Crippen LogP) is 5.12. The number of aliphatic hydroxyl groups is 1. The van der Waals surface area contributed by atoms with Crippen LogP contribution in [0.1, 0.15) is 168 Å². The number of unbranched alkanes of at least 4 members (excludes halogenated alkanes) is 15. The Morgan fingerprint density at radius 3 is 1.48 bits per heavy atom. The number of rotatable bonds is 54. The topological polar surface area (TPSA) is 299 Å². The summed E-state index contributed by atoms with van der Waals surface area (Å²) in [5, 5.41) is 38.1. The number of Topliss-reactive ketones (excluding diaryl/α,β-unsaturated/α-hetero) is 3. The second-order valence-electron chi connectivity index (χ2n) is 18.4. The molecule has 0 aliphatic heterocycles. The van der Waals surface area contributed by atoms with Gasteiger partial charge in [0.15, 0.2) is 0 Å². The Hall–Kier alpha value is -4.02. The van der Waals surface area contributed by atoms with E-state index in [9.17, 15) is 53.4 Å². The molecule has 0 saturated heterocycles. The lowest BCUT2D eigenvalue weighted by molar-refractivity contribution is -0.142. The molecule has 0 bridgehead atoms. The third-order valence-corrected chi connectivity index (χ3v) is 13.0. The standard InChI is InChI=1S/C52H92N4O16S/c1-3-42(46(60)35-43(36-57)41(2)58)39-73-40-50(64)54-27-26-53-48(62)37-72-34-32-70-30-28-55-49(63)38-71-33-31-69-29-20-21-44(59)24-25-45(52(67)68)56-47(61)22-18-16-14-12-10-8-6-4-5-7-9-11-13-15-17-19-23-51(65)66/h42-43,45,57H,3-40H2,1-2H3,(H,53,62)(H,54,64)(H,55,63)(H,56,61)(H,65,66)(H,67,68)/t42-,43-,45-/m0/s1. The van der Waals surface area contributed by atoms with E-state index < -0.39 is 23.9 Å². The van der Waals surface area contributed by atoms with Crippen LogP contribution >= 0.6 is 11.8 Å². The van der Waals surface area contributed by atoms with E-state index >= 15 is 0 Å². The SMILES string of the molecule is CC[C@@H](CSCC(=O)NCCNC(=O)COCCOCCNC(=O)COCCOCCCC(=O)CC[C@H](NC(=O)CCCCCCCCCCCCCCCCCCC(=O)O)C(=O)O)C(=O)C[C@@H](CO)C(C)=O. The molecule has 21 heteroatoms. The van der Waals surface area contributed by atoms with Crippen molar-refractivity contribution in [1.29, 1.82) is 0 Å². The Morgan fingerprint density at radius 2 is 0.986 bits per heavy atom. The molecule has 0 spiro atoms. The van der Waals surface area contributed by atoms with E-state index in [2.05, 4.69) is 21.3 Å². The van der Waals surface area contributed by atoms with Crippen LogP contribution in [0.3, 0.4) is 0 Å². The number of aliphatic carboxylic acids is 2. The highest BCUT2D eigenvalue weighted by atomic mass is 32.2.